The van der Waals surface area contributed by atoms with E-state index in [0.717, 1.165) is 6.04 Å². The van der Waals surface area contributed by atoms with Crippen LogP contribution in [0.5, 0.6) is 0 Å². The van der Waals surface area contributed by atoms with Gasteiger partial charge in [-0.3, -0.25) is 0 Å². The Hall–Kier alpha value is -0.409. The minimum atomic E-state index is -1.51. The molecular formula is C26H42NSiTi. The Labute approximate surface area is 188 Å². The Morgan fingerprint density at radius 2 is 1.45 bits per heavy atom. The Kier molecular flexibility index (Phi) is 8.63. The summed E-state index contributed by atoms with van der Waals surface area (Å²) in [7, 11) is 2.26. The van der Waals surface area contributed by atoms with Gasteiger partial charge in [0.25, 0.3) is 0 Å². The predicted octanol–water partition coefficient (Wildman–Crippen LogP) is 6.23. The summed E-state index contributed by atoms with van der Waals surface area (Å²) in [6.45, 7) is 9.74. The normalized spacial score (nSPS) is 25.1. The van der Waals surface area contributed by atoms with Gasteiger partial charge in [0.05, 0.1) is 0 Å². The topological polar surface area (TPSA) is 3.24 Å². The molecule has 3 heteroatoms. The standard InChI is InChI=1S/C11H22N.C9H13.C6H7Si.Ti/c1-12-11-9-7-5-3-2-4-6-8-10-11;1-6-5-7(2)9(4)8(6)3;7-6-4-2-1-3-5-6;/h11H,2-10H2,1H3;5H,1-4H3;1-5H,7H2;/q-1;;;+1. The van der Waals surface area contributed by atoms with Gasteiger partial charge in [-0.1, -0.05) is 0 Å². The van der Waals surface area contributed by atoms with Crippen LogP contribution in [0.3, 0.4) is 0 Å². The molecule has 0 N–H and O–H groups in total. The van der Waals surface area contributed by atoms with Crippen molar-refractivity contribution in [2.45, 2.75) is 95.2 Å². The van der Waals surface area contributed by atoms with Crippen molar-refractivity contribution in [1.29, 1.82) is 0 Å². The fourth-order valence-electron chi connectivity index (χ4n) is 5.49. The SMILES string of the molecule is CC1=C[C](C)([Ti]([SiH2]c2ccccc2)[N](C)C2CCCCCCCCC2)C(C)=C1C. The van der Waals surface area contributed by atoms with Crippen LogP contribution in [-0.2, 0) is 17.4 Å². The van der Waals surface area contributed by atoms with Crippen molar-refractivity contribution >= 4 is 12.6 Å². The first-order valence-corrected chi connectivity index (χ1v) is 18.1. The summed E-state index contributed by atoms with van der Waals surface area (Å²) in [6, 6.07) is 12.3. The molecule has 0 heterocycles. The molecule has 1 atom stereocenters. The van der Waals surface area contributed by atoms with Gasteiger partial charge < -0.3 is 0 Å². The van der Waals surface area contributed by atoms with E-state index in [1.54, 1.807) is 16.3 Å². The zero-order valence-electron chi connectivity index (χ0n) is 19.6. The summed E-state index contributed by atoms with van der Waals surface area (Å²) in [4.78, 5) is 0. The number of hydrogen-bond donors (Lipinski definition) is 0. The second-order valence-corrected chi connectivity index (χ2v) is 19.4. The van der Waals surface area contributed by atoms with Crippen LogP contribution in [0.25, 0.3) is 0 Å². The fourth-order valence-corrected chi connectivity index (χ4v) is 19.2. The molecule has 159 valence electrons. The van der Waals surface area contributed by atoms with E-state index in [-0.39, 0.29) is 7.39 Å². The van der Waals surface area contributed by atoms with E-state index in [0.29, 0.717) is 3.72 Å². The number of hydrogen-bond acceptors (Lipinski definition) is 1. The van der Waals surface area contributed by atoms with E-state index < -0.39 is 17.4 Å². The summed E-state index contributed by atoms with van der Waals surface area (Å²) in [5.74, 6) is 0. The molecule has 1 aromatic carbocycles. The van der Waals surface area contributed by atoms with Crippen molar-refractivity contribution in [2.75, 3.05) is 7.05 Å². The summed E-state index contributed by atoms with van der Waals surface area (Å²) >= 11 is -1.51. The van der Waals surface area contributed by atoms with E-state index in [9.17, 15) is 0 Å². The molecule has 3 rings (SSSR count). The van der Waals surface area contributed by atoms with Gasteiger partial charge in [0.1, 0.15) is 0 Å². The molecule has 29 heavy (non-hydrogen) atoms. The van der Waals surface area contributed by atoms with Crippen LogP contribution in [0.15, 0.2) is 53.1 Å². The second-order valence-electron chi connectivity index (χ2n) is 9.71. The monoisotopic (exact) mass is 444 g/mol. The van der Waals surface area contributed by atoms with Crippen molar-refractivity contribution in [2.24, 2.45) is 0 Å². The van der Waals surface area contributed by atoms with E-state index >= 15 is 0 Å². The Morgan fingerprint density at radius 3 is 1.97 bits per heavy atom. The third kappa shape index (κ3) is 5.64. The molecule has 0 saturated heterocycles. The summed E-state index contributed by atoms with van der Waals surface area (Å²) in [5, 5.41) is 1.68. The van der Waals surface area contributed by atoms with Crippen LogP contribution in [0.1, 0.15) is 85.5 Å². The molecule has 1 nitrogen and oxygen atoms in total. The second kappa shape index (κ2) is 10.8. The fraction of sp³-hybridized carbons (Fsp3) is 0.615. The predicted molar refractivity (Wildman–Crippen MR) is 128 cm³/mol. The van der Waals surface area contributed by atoms with Crippen molar-refractivity contribution in [3.05, 3.63) is 53.1 Å². The van der Waals surface area contributed by atoms with Gasteiger partial charge in [0.2, 0.25) is 0 Å². The summed E-state index contributed by atoms with van der Waals surface area (Å²) in [6.07, 6.45) is 15.7. The van der Waals surface area contributed by atoms with Gasteiger partial charge in [-0.05, 0) is 0 Å². The van der Waals surface area contributed by atoms with E-state index in [1.165, 1.54) is 63.4 Å². The van der Waals surface area contributed by atoms with E-state index in [1.807, 2.05) is 0 Å². The molecule has 0 spiro atoms. The quantitative estimate of drug-likeness (QED) is 0.487. The molecule has 1 unspecified atom stereocenters. The zero-order chi connectivity index (χ0) is 20.9. The van der Waals surface area contributed by atoms with Gasteiger partial charge in [0.15, 0.2) is 0 Å². The van der Waals surface area contributed by atoms with E-state index in [4.69, 9.17) is 0 Å². The molecule has 2 aliphatic rings. The van der Waals surface area contributed by atoms with E-state index in [2.05, 4.69) is 74.5 Å². The molecule has 1 aromatic rings. The molecule has 2 aliphatic carbocycles. The minimum absolute atomic E-state index is 0.275. The average molecular weight is 445 g/mol. The number of nitrogens with zero attached hydrogens (tertiary/aromatic N) is 1. The first kappa shape index (κ1) is 23.3. The molecular weight excluding hydrogens is 402 g/mol. The molecule has 0 amide bonds. The van der Waals surface area contributed by atoms with Gasteiger partial charge in [0, 0.05) is 0 Å². The van der Waals surface area contributed by atoms with Crippen molar-refractivity contribution < 1.29 is 17.4 Å². The molecule has 0 bridgehead atoms. The first-order valence-electron chi connectivity index (χ1n) is 11.9. The molecule has 1 saturated carbocycles. The van der Waals surface area contributed by atoms with Crippen LogP contribution < -0.4 is 5.19 Å². The van der Waals surface area contributed by atoms with Crippen LogP contribution in [0.2, 0.25) is 3.72 Å². The number of rotatable bonds is 5. The first-order chi connectivity index (χ1) is 13.9. The molecule has 0 aromatic heterocycles. The van der Waals surface area contributed by atoms with Crippen molar-refractivity contribution in [1.82, 2.24) is 3.38 Å². The Bertz CT molecular complexity index is 715. The number of allylic oxidation sites excluding steroid dienone is 4. The zero-order valence-corrected chi connectivity index (χ0v) is 22.5. The van der Waals surface area contributed by atoms with Crippen LogP contribution in [0, 0.1) is 0 Å². The molecule has 0 radical (unpaired) electrons. The Balaban J connectivity index is 1.89. The summed E-state index contributed by atoms with van der Waals surface area (Å²) < 4.78 is 3.37. The number of benzene rings is 1. The van der Waals surface area contributed by atoms with Gasteiger partial charge in [-0.25, -0.2) is 0 Å². The van der Waals surface area contributed by atoms with Crippen LogP contribution in [0.4, 0.5) is 0 Å². The van der Waals surface area contributed by atoms with Crippen LogP contribution in [-0.4, -0.2) is 23.9 Å². The summed E-state index contributed by atoms with van der Waals surface area (Å²) in [5.41, 5.74) is 4.79. The molecule has 1 fully saturated rings. The molecule has 0 aliphatic heterocycles. The van der Waals surface area contributed by atoms with Crippen molar-refractivity contribution in [3.63, 3.8) is 0 Å². The Morgan fingerprint density at radius 1 is 0.897 bits per heavy atom. The maximum atomic E-state index is 3.02. The average Bonchev–Trinajstić information content (AvgIpc) is 2.93. The third-order valence-electron chi connectivity index (χ3n) is 7.80. The maximum absolute atomic E-state index is 3.02. The van der Waals surface area contributed by atoms with Gasteiger partial charge >= 0.3 is 189 Å². The van der Waals surface area contributed by atoms with Gasteiger partial charge in [-0.2, -0.15) is 0 Å². The van der Waals surface area contributed by atoms with Crippen LogP contribution >= 0.6 is 0 Å². The third-order valence-corrected chi connectivity index (χ3v) is 22.2. The van der Waals surface area contributed by atoms with Gasteiger partial charge in [-0.15, -0.1) is 0 Å². The van der Waals surface area contributed by atoms with Crippen molar-refractivity contribution in [3.8, 4) is 0 Å².